The third kappa shape index (κ3) is 4.41. The molecule has 0 bridgehead atoms. The van der Waals surface area contributed by atoms with Crippen molar-refractivity contribution < 1.29 is 35.9 Å². The van der Waals surface area contributed by atoms with E-state index >= 15 is 0 Å². The standard InChI is InChI=1S/C11H15NO.U/c1-8-3-5-10(6-4-8)7-11(12)9(2)13;/h3-6,11H,7,12H2,1-2H3;/t11-;/m1./s1. The molecule has 0 radical (unpaired) electrons. The molecule has 14 heavy (non-hydrogen) atoms. The Bertz CT molecular complexity index is 295. The van der Waals surface area contributed by atoms with Crippen molar-refractivity contribution >= 4 is 5.78 Å². The molecule has 0 saturated carbocycles. The molecule has 0 aliphatic heterocycles. The molecule has 0 spiro atoms. The van der Waals surface area contributed by atoms with Gasteiger partial charge in [-0.3, -0.25) is 4.79 Å². The second-order valence-electron chi connectivity index (χ2n) is 3.41. The number of rotatable bonds is 3. The van der Waals surface area contributed by atoms with E-state index in [2.05, 4.69) is 0 Å². The number of benzene rings is 1. The number of nitrogens with two attached hydrogens (primary N) is 1. The average molecular weight is 415 g/mol. The fourth-order valence-electron chi connectivity index (χ4n) is 1.12. The number of Topliss-reactive ketones (excluding diaryl/α,β-unsaturated/α-hetero) is 1. The van der Waals surface area contributed by atoms with E-state index in [4.69, 9.17) is 5.73 Å². The van der Waals surface area contributed by atoms with Gasteiger partial charge < -0.3 is 5.73 Å². The summed E-state index contributed by atoms with van der Waals surface area (Å²) in [6.45, 7) is 3.56. The zero-order valence-corrected chi connectivity index (χ0v) is 12.7. The molecule has 0 heterocycles. The maximum atomic E-state index is 10.9. The van der Waals surface area contributed by atoms with E-state index < -0.39 is 0 Å². The summed E-state index contributed by atoms with van der Waals surface area (Å²) in [5.41, 5.74) is 7.98. The van der Waals surface area contributed by atoms with Crippen LogP contribution in [0.15, 0.2) is 24.3 Å². The van der Waals surface area contributed by atoms with Crippen molar-refractivity contribution in [1.29, 1.82) is 0 Å². The van der Waals surface area contributed by atoms with Crippen LogP contribution in [-0.4, -0.2) is 11.8 Å². The van der Waals surface area contributed by atoms with Gasteiger partial charge in [-0.1, -0.05) is 29.8 Å². The molecule has 0 aliphatic rings. The molecule has 3 heteroatoms. The zero-order chi connectivity index (χ0) is 9.84. The maximum absolute atomic E-state index is 10.9. The third-order valence-corrected chi connectivity index (χ3v) is 2.10. The van der Waals surface area contributed by atoms with Crippen LogP contribution in [0.2, 0.25) is 0 Å². The molecule has 1 aromatic carbocycles. The Morgan fingerprint density at radius 2 is 1.86 bits per heavy atom. The first-order valence-electron chi connectivity index (χ1n) is 4.41. The third-order valence-electron chi connectivity index (χ3n) is 2.10. The summed E-state index contributed by atoms with van der Waals surface area (Å²) >= 11 is 0. The second-order valence-corrected chi connectivity index (χ2v) is 3.41. The maximum Gasteiger partial charge on any atom is 0.146 e. The molecule has 2 nitrogen and oxygen atoms in total. The predicted molar refractivity (Wildman–Crippen MR) is 53.5 cm³/mol. The van der Waals surface area contributed by atoms with Crippen LogP contribution in [0, 0.1) is 38.0 Å². The fourth-order valence-corrected chi connectivity index (χ4v) is 1.12. The topological polar surface area (TPSA) is 43.1 Å². The van der Waals surface area contributed by atoms with Gasteiger partial charge in [-0.25, -0.2) is 0 Å². The van der Waals surface area contributed by atoms with E-state index in [0.717, 1.165) is 5.56 Å². The van der Waals surface area contributed by atoms with Gasteiger partial charge in [0, 0.05) is 31.1 Å². The molecule has 0 fully saturated rings. The predicted octanol–water partition coefficient (Wildman–Crippen LogP) is 1.45. The number of aryl methyl sites for hydroxylation is 1. The monoisotopic (exact) mass is 415 g/mol. The summed E-state index contributed by atoms with van der Waals surface area (Å²) in [7, 11) is 0. The summed E-state index contributed by atoms with van der Waals surface area (Å²) in [6, 6.07) is 7.73. The molecule has 74 valence electrons. The molecule has 1 atom stereocenters. The smallest absolute Gasteiger partial charge is 0.146 e. The quantitative estimate of drug-likeness (QED) is 0.813. The van der Waals surface area contributed by atoms with Crippen molar-refractivity contribution in [3.8, 4) is 0 Å². The van der Waals surface area contributed by atoms with Gasteiger partial charge in [0.05, 0.1) is 6.04 Å². The van der Waals surface area contributed by atoms with Crippen molar-refractivity contribution in [3.05, 3.63) is 35.4 Å². The van der Waals surface area contributed by atoms with E-state index in [0.29, 0.717) is 6.42 Å². The average Bonchev–Trinajstić information content (AvgIpc) is 2.08. The fraction of sp³-hybridized carbons (Fsp3) is 0.364. The zero-order valence-electron chi connectivity index (χ0n) is 8.58. The van der Waals surface area contributed by atoms with E-state index in [9.17, 15) is 4.79 Å². The van der Waals surface area contributed by atoms with Crippen molar-refractivity contribution in [2.75, 3.05) is 0 Å². The van der Waals surface area contributed by atoms with Crippen molar-refractivity contribution in [2.45, 2.75) is 26.3 Å². The molecular weight excluding hydrogens is 400 g/mol. The SMILES string of the molecule is CC(=O)[C@H](N)Cc1ccc(C)cc1.[U]. The molecule has 0 amide bonds. The van der Waals surface area contributed by atoms with Gasteiger partial charge in [-0.15, -0.1) is 0 Å². The number of carbonyl (C=O) groups is 1. The molecule has 2 N–H and O–H groups in total. The molecule has 0 unspecified atom stereocenters. The van der Waals surface area contributed by atoms with Gasteiger partial charge in [0.15, 0.2) is 0 Å². The van der Waals surface area contributed by atoms with Crippen LogP contribution in [0.3, 0.4) is 0 Å². The number of carbonyl (C=O) groups excluding carboxylic acids is 1. The van der Waals surface area contributed by atoms with Crippen molar-refractivity contribution in [1.82, 2.24) is 0 Å². The van der Waals surface area contributed by atoms with Crippen molar-refractivity contribution in [2.24, 2.45) is 5.73 Å². The number of hydrogen-bond acceptors (Lipinski definition) is 2. The van der Waals surface area contributed by atoms with Gasteiger partial charge in [-0.2, -0.15) is 0 Å². The van der Waals surface area contributed by atoms with E-state index in [1.54, 1.807) is 0 Å². The Labute approximate surface area is 109 Å². The van der Waals surface area contributed by atoms with E-state index in [-0.39, 0.29) is 42.9 Å². The Hall–Kier alpha value is -0.0981. The molecule has 0 saturated heterocycles. The largest absolute Gasteiger partial charge is 0.321 e. The second kappa shape index (κ2) is 6.40. The van der Waals surface area contributed by atoms with Gasteiger partial charge in [0.25, 0.3) is 0 Å². The van der Waals surface area contributed by atoms with Gasteiger partial charge in [0.2, 0.25) is 0 Å². The van der Waals surface area contributed by atoms with Crippen LogP contribution in [0.1, 0.15) is 18.1 Å². The normalized spacial score (nSPS) is 11.6. The first-order valence-corrected chi connectivity index (χ1v) is 4.41. The first-order chi connectivity index (χ1) is 6.09. The summed E-state index contributed by atoms with van der Waals surface area (Å²) in [4.78, 5) is 10.9. The van der Waals surface area contributed by atoms with Crippen LogP contribution in [0.25, 0.3) is 0 Å². The van der Waals surface area contributed by atoms with E-state index in [1.165, 1.54) is 12.5 Å². The Morgan fingerprint density at radius 3 is 2.29 bits per heavy atom. The van der Waals surface area contributed by atoms with Crippen molar-refractivity contribution in [3.63, 3.8) is 0 Å². The van der Waals surface area contributed by atoms with Crippen LogP contribution in [0.4, 0.5) is 0 Å². The first kappa shape index (κ1) is 13.9. The Morgan fingerprint density at radius 1 is 1.36 bits per heavy atom. The summed E-state index contributed by atoms with van der Waals surface area (Å²) in [5, 5.41) is 0. The minimum atomic E-state index is -0.359. The number of hydrogen-bond donors (Lipinski definition) is 1. The van der Waals surface area contributed by atoms with Crippen LogP contribution >= 0.6 is 0 Å². The molecule has 0 aromatic heterocycles. The minimum Gasteiger partial charge on any atom is -0.321 e. The Kier molecular flexibility index (Phi) is 6.35. The molecule has 0 aliphatic carbocycles. The molecule has 1 aromatic rings. The number of ketones is 1. The van der Waals surface area contributed by atoms with Gasteiger partial charge in [-0.05, 0) is 25.8 Å². The van der Waals surface area contributed by atoms with Gasteiger partial charge in [0.1, 0.15) is 5.78 Å². The van der Waals surface area contributed by atoms with Crippen LogP contribution < -0.4 is 5.73 Å². The van der Waals surface area contributed by atoms with Gasteiger partial charge >= 0.3 is 0 Å². The van der Waals surface area contributed by atoms with E-state index in [1.807, 2.05) is 31.2 Å². The Balaban J connectivity index is 0.00000169. The van der Waals surface area contributed by atoms with Crippen LogP contribution in [-0.2, 0) is 11.2 Å². The summed E-state index contributed by atoms with van der Waals surface area (Å²) in [6.07, 6.45) is 0.635. The summed E-state index contributed by atoms with van der Waals surface area (Å²) < 4.78 is 0. The minimum absolute atomic E-state index is 0. The summed E-state index contributed by atoms with van der Waals surface area (Å²) in [5.74, 6) is 0.0422. The van der Waals surface area contributed by atoms with Crippen LogP contribution in [0.5, 0.6) is 0 Å². The molecular formula is C11H15NOU. The molecule has 1 rings (SSSR count).